The first kappa shape index (κ1) is 23.1. The van der Waals surface area contributed by atoms with Crippen LogP contribution in [-0.2, 0) is 13.1 Å². The van der Waals surface area contributed by atoms with Gasteiger partial charge in [0.15, 0.2) is 0 Å². The van der Waals surface area contributed by atoms with E-state index in [2.05, 4.69) is 16.0 Å². The maximum atomic E-state index is 13.0. The van der Waals surface area contributed by atoms with E-state index in [1.54, 1.807) is 49.4 Å². The van der Waals surface area contributed by atoms with Crippen LogP contribution in [0.25, 0.3) is 0 Å². The highest BCUT2D eigenvalue weighted by atomic mass is 35.5. The van der Waals surface area contributed by atoms with Crippen molar-refractivity contribution in [2.75, 3.05) is 0 Å². The third kappa shape index (κ3) is 5.11. The first-order chi connectivity index (χ1) is 16.5. The van der Waals surface area contributed by atoms with Gasteiger partial charge in [-0.25, -0.2) is 19.1 Å². The summed E-state index contributed by atoms with van der Waals surface area (Å²) in [7, 11) is 0. The number of benzene rings is 2. The number of allylic oxidation sites excluding steroid dienone is 3. The third-order valence-electron chi connectivity index (χ3n) is 5.31. The Hall–Kier alpha value is -4.09. The van der Waals surface area contributed by atoms with Crippen molar-refractivity contribution in [2.24, 2.45) is 4.99 Å². The largest absolute Gasteiger partial charge is 0.456 e. The van der Waals surface area contributed by atoms with Crippen molar-refractivity contribution in [1.29, 1.82) is 5.26 Å². The molecular formula is C25H22ClN5O3. The van der Waals surface area contributed by atoms with Gasteiger partial charge in [0.25, 0.3) is 0 Å². The highest BCUT2D eigenvalue weighted by Gasteiger charge is 2.11. The van der Waals surface area contributed by atoms with Gasteiger partial charge in [0.2, 0.25) is 5.62 Å². The van der Waals surface area contributed by atoms with Crippen LogP contribution >= 0.6 is 11.6 Å². The number of hydrogen-bond donors (Lipinski definition) is 1. The minimum atomic E-state index is -0.529. The van der Waals surface area contributed by atoms with Crippen LogP contribution in [0.2, 0.25) is 5.02 Å². The number of aromatic nitrogens is 3. The molecule has 9 heteroatoms. The first-order valence-corrected chi connectivity index (χ1v) is 11.2. The van der Waals surface area contributed by atoms with Crippen LogP contribution in [0, 0.1) is 11.3 Å². The average Bonchev–Trinajstić information content (AvgIpc) is 2.84. The number of nitriles is 1. The minimum absolute atomic E-state index is 0.132. The third-order valence-corrected chi connectivity index (χ3v) is 5.57. The fraction of sp³-hybridized carbons (Fsp3) is 0.200. The van der Waals surface area contributed by atoms with Gasteiger partial charge in [-0.3, -0.25) is 9.55 Å². The number of hydrogen-bond acceptors (Lipinski definition) is 5. The molecule has 0 spiro atoms. The Morgan fingerprint density at radius 2 is 1.85 bits per heavy atom. The van der Waals surface area contributed by atoms with E-state index in [9.17, 15) is 14.9 Å². The van der Waals surface area contributed by atoms with Crippen molar-refractivity contribution in [3.63, 3.8) is 0 Å². The van der Waals surface area contributed by atoms with Crippen molar-refractivity contribution in [3.05, 3.63) is 109 Å². The summed E-state index contributed by atoms with van der Waals surface area (Å²) in [5, 5.41) is 9.87. The van der Waals surface area contributed by atoms with Crippen LogP contribution in [0.5, 0.6) is 5.75 Å². The molecule has 0 amide bonds. The summed E-state index contributed by atoms with van der Waals surface area (Å²) in [5.74, 6) is 1.09. The predicted octanol–water partition coefficient (Wildman–Crippen LogP) is 3.80. The van der Waals surface area contributed by atoms with Gasteiger partial charge in [0.1, 0.15) is 11.5 Å². The summed E-state index contributed by atoms with van der Waals surface area (Å²) in [4.78, 5) is 32.6. The summed E-state index contributed by atoms with van der Waals surface area (Å²) in [6.45, 7) is 2.17. The van der Waals surface area contributed by atoms with Gasteiger partial charge in [-0.05, 0) is 67.8 Å². The lowest BCUT2D eigenvalue weighted by atomic mass is 10.1. The molecule has 0 aliphatic heterocycles. The lowest BCUT2D eigenvalue weighted by molar-refractivity contribution is 0.435. The molecule has 1 aliphatic carbocycles. The predicted molar refractivity (Wildman–Crippen MR) is 129 cm³/mol. The molecule has 1 aromatic heterocycles. The highest BCUT2D eigenvalue weighted by molar-refractivity contribution is 6.30. The number of ether oxygens (including phenoxy) is 1. The van der Waals surface area contributed by atoms with Gasteiger partial charge in [-0.15, -0.1) is 0 Å². The SMILES string of the molecule is CCn1c(=O)[nH]c(=Nc2ccc(OC3=C(C#N)CCC=C3)cc2)n(Cc2ccc(Cl)cc2)c1=O. The summed E-state index contributed by atoms with van der Waals surface area (Å²) in [6, 6.07) is 16.2. The second-order valence-electron chi connectivity index (χ2n) is 7.60. The van der Waals surface area contributed by atoms with E-state index < -0.39 is 11.4 Å². The van der Waals surface area contributed by atoms with Crippen LogP contribution in [-0.4, -0.2) is 14.1 Å². The number of nitrogens with zero attached hydrogens (tertiary/aromatic N) is 4. The molecule has 1 heterocycles. The molecule has 0 saturated carbocycles. The summed E-state index contributed by atoms with van der Waals surface area (Å²) >= 11 is 5.97. The smallest absolute Gasteiger partial charge is 0.335 e. The molecule has 1 N–H and O–H groups in total. The van der Waals surface area contributed by atoms with Crippen LogP contribution in [0.1, 0.15) is 25.3 Å². The number of nitrogens with one attached hydrogen (secondary N) is 1. The molecular weight excluding hydrogens is 454 g/mol. The van der Waals surface area contributed by atoms with E-state index in [1.165, 1.54) is 4.57 Å². The Labute approximate surface area is 200 Å². The Balaban J connectivity index is 1.70. The Kier molecular flexibility index (Phi) is 6.95. The van der Waals surface area contributed by atoms with Crippen LogP contribution in [0.15, 0.2) is 86.6 Å². The van der Waals surface area contributed by atoms with Gasteiger partial charge in [0.05, 0.1) is 23.9 Å². The monoisotopic (exact) mass is 475 g/mol. The maximum absolute atomic E-state index is 13.0. The summed E-state index contributed by atoms with van der Waals surface area (Å²) < 4.78 is 8.37. The van der Waals surface area contributed by atoms with Crippen LogP contribution in [0.4, 0.5) is 5.69 Å². The summed E-state index contributed by atoms with van der Waals surface area (Å²) in [5.41, 5.74) is 1.11. The number of H-pyrrole nitrogens is 1. The molecule has 8 nitrogen and oxygen atoms in total. The van der Waals surface area contributed by atoms with E-state index >= 15 is 0 Å². The zero-order chi connectivity index (χ0) is 24.1. The Morgan fingerprint density at radius 3 is 2.53 bits per heavy atom. The second kappa shape index (κ2) is 10.2. The fourth-order valence-electron chi connectivity index (χ4n) is 3.52. The van der Waals surface area contributed by atoms with Gasteiger partial charge < -0.3 is 4.74 Å². The molecule has 3 aromatic rings. The lowest BCUT2D eigenvalue weighted by Crippen LogP contribution is -2.49. The molecule has 172 valence electrons. The first-order valence-electron chi connectivity index (χ1n) is 10.8. The Bertz CT molecular complexity index is 1480. The number of aromatic amines is 1. The zero-order valence-electron chi connectivity index (χ0n) is 18.5. The van der Waals surface area contributed by atoms with E-state index in [0.717, 1.165) is 16.6 Å². The number of halogens is 1. The quantitative estimate of drug-likeness (QED) is 0.585. The van der Waals surface area contributed by atoms with Gasteiger partial charge >= 0.3 is 11.4 Å². The van der Waals surface area contributed by atoms with Crippen LogP contribution in [0.3, 0.4) is 0 Å². The van der Waals surface area contributed by atoms with Crippen molar-refractivity contribution in [2.45, 2.75) is 32.9 Å². The highest BCUT2D eigenvalue weighted by Crippen LogP contribution is 2.24. The molecule has 0 unspecified atom stereocenters. The molecule has 1 aliphatic rings. The standard InChI is InChI=1S/C25H22ClN5O3/c1-2-30-24(32)29-23(31(25(30)33)16-17-7-9-19(26)10-8-17)28-20-11-13-21(14-12-20)34-22-6-4-3-5-18(22)15-27/h4,6-14H,2-3,5,16H2,1H3,(H,28,29,32). The van der Waals surface area contributed by atoms with Crippen molar-refractivity contribution in [3.8, 4) is 11.8 Å². The van der Waals surface area contributed by atoms with Gasteiger partial charge in [-0.2, -0.15) is 5.26 Å². The van der Waals surface area contributed by atoms with E-state index in [-0.39, 0.29) is 18.7 Å². The van der Waals surface area contributed by atoms with Crippen molar-refractivity contribution < 1.29 is 4.74 Å². The molecule has 0 fully saturated rings. The van der Waals surface area contributed by atoms with E-state index in [1.807, 2.05) is 18.2 Å². The molecule has 0 atom stereocenters. The lowest BCUT2D eigenvalue weighted by Gasteiger charge is -2.12. The normalized spacial score (nSPS) is 13.7. The minimum Gasteiger partial charge on any atom is -0.456 e. The van der Waals surface area contributed by atoms with Crippen molar-refractivity contribution >= 4 is 17.3 Å². The molecule has 0 saturated heterocycles. The van der Waals surface area contributed by atoms with E-state index in [4.69, 9.17) is 16.3 Å². The van der Waals surface area contributed by atoms with Gasteiger partial charge in [0, 0.05) is 11.6 Å². The maximum Gasteiger partial charge on any atom is 0.335 e. The molecule has 4 rings (SSSR count). The molecule has 2 aromatic carbocycles. The average molecular weight is 476 g/mol. The fourth-order valence-corrected chi connectivity index (χ4v) is 3.65. The van der Waals surface area contributed by atoms with Crippen LogP contribution < -0.4 is 21.7 Å². The second-order valence-corrected chi connectivity index (χ2v) is 8.03. The van der Waals surface area contributed by atoms with E-state index in [0.29, 0.717) is 34.2 Å². The molecule has 0 bridgehead atoms. The topological polar surface area (TPSA) is 105 Å². The van der Waals surface area contributed by atoms with Crippen molar-refractivity contribution in [1.82, 2.24) is 14.1 Å². The number of rotatable bonds is 6. The molecule has 34 heavy (non-hydrogen) atoms. The summed E-state index contributed by atoms with van der Waals surface area (Å²) in [6.07, 6.45) is 5.24. The Morgan fingerprint density at radius 1 is 1.12 bits per heavy atom. The zero-order valence-corrected chi connectivity index (χ0v) is 19.2. The molecule has 0 radical (unpaired) electrons. The van der Waals surface area contributed by atoms with Gasteiger partial charge in [-0.1, -0.05) is 29.8 Å².